The molecule has 0 radical (unpaired) electrons. The van der Waals surface area contributed by atoms with E-state index in [-0.39, 0.29) is 18.9 Å². The first-order valence-corrected chi connectivity index (χ1v) is 12.4. The van der Waals surface area contributed by atoms with Gasteiger partial charge in [0.25, 0.3) is 5.91 Å². The van der Waals surface area contributed by atoms with Crippen LogP contribution in [0.5, 0.6) is 0 Å². The maximum atomic E-state index is 13.0. The second-order valence-electron chi connectivity index (χ2n) is 10.2. The first-order valence-electron chi connectivity index (χ1n) is 12.4. The van der Waals surface area contributed by atoms with Crippen molar-refractivity contribution >= 4 is 29.4 Å². The van der Waals surface area contributed by atoms with Gasteiger partial charge in [-0.15, -0.1) is 0 Å². The normalized spacial score (nSPS) is 17.1. The van der Waals surface area contributed by atoms with Gasteiger partial charge in [0.2, 0.25) is 23.5 Å². The van der Waals surface area contributed by atoms with Crippen molar-refractivity contribution in [3.8, 4) is 0 Å². The Bertz CT molecular complexity index is 944. The van der Waals surface area contributed by atoms with Crippen LogP contribution in [0, 0.1) is 5.41 Å². The Labute approximate surface area is 212 Å². The predicted molar refractivity (Wildman–Crippen MR) is 135 cm³/mol. The van der Waals surface area contributed by atoms with Crippen LogP contribution in [0.15, 0.2) is 30.3 Å². The number of Topliss-reactive ketones (excluding diaryl/α,β-unsaturated/α-hetero) is 1. The number of nitrogens with zero attached hydrogens (tertiary/aromatic N) is 1. The van der Waals surface area contributed by atoms with Crippen LogP contribution < -0.4 is 21.7 Å². The van der Waals surface area contributed by atoms with Gasteiger partial charge in [-0.3, -0.25) is 24.0 Å². The number of rotatable bonds is 11. The lowest BCUT2D eigenvalue weighted by atomic mass is 9.86. The highest BCUT2D eigenvalue weighted by Gasteiger charge is 2.40. The maximum absolute atomic E-state index is 13.0. The van der Waals surface area contributed by atoms with Crippen LogP contribution in [-0.2, 0) is 30.5 Å². The molecule has 5 N–H and O–H groups in total. The second kappa shape index (κ2) is 13.2. The Kier molecular flexibility index (Phi) is 10.6. The van der Waals surface area contributed by atoms with E-state index in [1.165, 1.54) is 4.90 Å². The molecule has 1 heterocycles. The van der Waals surface area contributed by atoms with Crippen molar-refractivity contribution in [1.82, 2.24) is 20.9 Å². The topological polar surface area (TPSA) is 151 Å². The van der Waals surface area contributed by atoms with E-state index in [0.717, 1.165) is 5.56 Å². The molecule has 2 unspecified atom stereocenters. The van der Waals surface area contributed by atoms with Gasteiger partial charge < -0.3 is 26.6 Å². The third-order valence-electron chi connectivity index (χ3n) is 6.21. The predicted octanol–water partition coefficient (Wildman–Crippen LogP) is 0.637. The minimum atomic E-state index is -1.05. The highest BCUT2D eigenvalue weighted by Crippen LogP contribution is 2.24. The molecule has 1 saturated heterocycles. The molecule has 0 bridgehead atoms. The zero-order valence-electron chi connectivity index (χ0n) is 21.6. The van der Waals surface area contributed by atoms with Crippen LogP contribution in [-0.4, -0.2) is 65.5 Å². The summed E-state index contributed by atoms with van der Waals surface area (Å²) in [6, 6.07) is 6.72. The van der Waals surface area contributed by atoms with Gasteiger partial charge in [-0.05, 0) is 30.2 Å². The van der Waals surface area contributed by atoms with Crippen molar-refractivity contribution in [3.05, 3.63) is 35.9 Å². The number of likely N-dealkylation sites (tertiary alicyclic amines) is 1. The van der Waals surface area contributed by atoms with Gasteiger partial charge in [0.05, 0.1) is 18.6 Å². The summed E-state index contributed by atoms with van der Waals surface area (Å²) in [4.78, 5) is 64.7. The Balaban J connectivity index is 1.93. The third kappa shape index (κ3) is 8.15. The van der Waals surface area contributed by atoms with Crippen molar-refractivity contribution < 1.29 is 24.0 Å². The Morgan fingerprint density at radius 2 is 1.75 bits per heavy atom. The molecule has 1 aliphatic heterocycles. The van der Waals surface area contributed by atoms with Crippen LogP contribution in [0.4, 0.5) is 0 Å². The van der Waals surface area contributed by atoms with Gasteiger partial charge in [-0.1, -0.05) is 64.4 Å². The van der Waals surface area contributed by atoms with E-state index < -0.39 is 47.0 Å². The maximum Gasteiger partial charge on any atom is 0.290 e. The summed E-state index contributed by atoms with van der Waals surface area (Å²) in [6.07, 6.45) is 1.89. The van der Waals surface area contributed by atoms with E-state index in [1.807, 2.05) is 58.0 Å². The first kappa shape index (κ1) is 29.0. The standard InChI is InChI=1S/C26H39N5O5/c1-5-10-18(21(33)24(35)29-16-20(32)28-15-17-11-7-6-8-12-17)30-23(34)19-13-9-14-31(19)25(36)22(27)26(2,3)4/h6-8,11-12,18-19,22H,5,9-10,13-16,27H2,1-4H3,(H,28,32)(H,29,35)(H,30,34)/t18?,19-,22?/m0/s1. The van der Waals surface area contributed by atoms with E-state index in [1.54, 1.807) is 0 Å². The molecule has 0 saturated carbocycles. The van der Waals surface area contributed by atoms with Crippen molar-refractivity contribution in [2.24, 2.45) is 11.1 Å². The SMILES string of the molecule is CCCC(NC(=O)[C@@H]1CCCN1C(=O)C(N)C(C)(C)C)C(=O)C(=O)NCC(=O)NCc1ccccc1. The molecule has 1 aromatic carbocycles. The quantitative estimate of drug-likeness (QED) is 0.327. The molecule has 36 heavy (non-hydrogen) atoms. The molecule has 0 spiro atoms. The molecule has 3 atom stereocenters. The molecule has 10 nitrogen and oxygen atoms in total. The molecule has 1 aromatic rings. The Morgan fingerprint density at radius 3 is 2.36 bits per heavy atom. The van der Waals surface area contributed by atoms with Gasteiger partial charge in [0.1, 0.15) is 6.04 Å². The lowest BCUT2D eigenvalue weighted by molar-refractivity contribution is -0.143. The number of hydrogen-bond donors (Lipinski definition) is 4. The minimum absolute atomic E-state index is 0.250. The van der Waals surface area contributed by atoms with E-state index in [0.29, 0.717) is 32.4 Å². The Morgan fingerprint density at radius 1 is 1.08 bits per heavy atom. The van der Waals surface area contributed by atoms with E-state index in [2.05, 4.69) is 16.0 Å². The first-order chi connectivity index (χ1) is 17.0. The minimum Gasteiger partial charge on any atom is -0.350 e. The molecule has 4 amide bonds. The van der Waals surface area contributed by atoms with Crippen LogP contribution >= 0.6 is 0 Å². The van der Waals surface area contributed by atoms with E-state index in [4.69, 9.17) is 5.73 Å². The lowest BCUT2D eigenvalue weighted by Gasteiger charge is -2.33. The number of amides is 4. The summed E-state index contributed by atoms with van der Waals surface area (Å²) in [5, 5.41) is 7.65. The van der Waals surface area contributed by atoms with Gasteiger partial charge in [0.15, 0.2) is 0 Å². The molecule has 0 aliphatic carbocycles. The fraction of sp³-hybridized carbons (Fsp3) is 0.577. The van der Waals surface area contributed by atoms with Crippen molar-refractivity contribution in [2.75, 3.05) is 13.1 Å². The number of nitrogens with two attached hydrogens (primary N) is 1. The summed E-state index contributed by atoms with van der Waals surface area (Å²) in [7, 11) is 0. The molecule has 10 heteroatoms. The van der Waals surface area contributed by atoms with Gasteiger partial charge in [0, 0.05) is 13.1 Å². The van der Waals surface area contributed by atoms with Crippen molar-refractivity contribution in [1.29, 1.82) is 0 Å². The smallest absolute Gasteiger partial charge is 0.290 e. The van der Waals surface area contributed by atoms with Crippen molar-refractivity contribution in [2.45, 2.75) is 78.0 Å². The highest BCUT2D eigenvalue weighted by atomic mass is 16.2. The summed E-state index contributed by atoms with van der Waals surface area (Å²) >= 11 is 0. The number of nitrogens with one attached hydrogen (secondary N) is 3. The number of benzene rings is 1. The zero-order chi connectivity index (χ0) is 26.9. The number of hydrogen-bond acceptors (Lipinski definition) is 6. The fourth-order valence-electron chi connectivity index (χ4n) is 3.94. The van der Waals surface area contributed by atoms with Crippen LogP contribution in [0.25, 0.3) is 0 Å². The average Bonchev–Trinajstić information content (AvgIpc) is 3.34. The zero-order valence-corrected chi connectivity index (χ0v) is 21.6. The Hall–Kier alpha value is -3.27. The monoisotopic (exact) mass is 501 g/mol. The average molecular weight is 502 g/mol. The summed E-state index contributed by atoms with van der Waals surface area (Å²) in [5.41, 5.74) is 6.56. The van der Waals surface area contributed by atoms with Gasteiger partial charge >= 0.3 is 0 Å². The number of ketones is 1. The molecule has 1 fully saturated rings. The summed E-state index contributed by atoms with van der Waals surface area (Å²) < 4.78 is 0. The largest absolute Gasteiger partial charge is 0.350 e. The number of carbonyl (C=O) groups excluding carboxylic acids is 5. The van der Waals surface area contributed by atoms with Crippen LogP contribution in [0.1, 0.15) is 58.9 Å². The second-order valence-corrected chi connectivity index (χ2v) is 10.2. The molecular formula is C26H39N5O5. The van der Waals surface area contributed by atoms with E-state index in [9.17, 15) is 24.0 Å². The molecule has 1 aliphatic rings. The number of carbonyl (C=O) groups is 5. The van der Waals surface area contributed by atoms with Crippen LogP contribution in [0.3, 0.4) is 0 Å². The van der Waals surface area contributed by atoms with Gasteiger partial charge in [-0.25, -0.2) is 0 Å². The molecular weight excluding hydrogens is 462 g/mol. The highest BCUT2D eigenvalue weighted by molar-refractivity contribution is 6.38. The molecule has 0 aromatic heterocycles. The van der Waals surface area contributed by atoms with Crippen LogP contribution in [0.2, 0.25) is 0 Å². The lowest BCUT2D eigenvalue weighted by Crippen LogP contribution is -2.57. The van der Waals surface area contributed by atoms with Crippen molar-refractivity contribution in [3.63, 3.8) is 0 Å². The third-order valence-corrected chi connectivity index (χ3v) is 6.21. The molecule has 2 rings (SSSR count). The molecule has 198 valence electrons. The van der Waals surface area contributed by atoms with E-state index >= 15 is 0 Å². The van der Waals surface area contributed by atoms with Gasteiger partial charge in [-0.2, -0.15) is 0 Å². The fourth-order valence-corrected chi connectivity index (χ4v) is 3.94. The summed E-state index contributed by atoms with van der Waals surface area (Å²) in [6.45, 7) is 7.75. The summed E-state index contributed by atoms with van der Waals surface area (Å²) in [5.74, 6) is -3.01.